The van der Waals surface area contributed by atoms with Crippen LogP contribution in [0.5, 0.6) is 0 Å². The van der Waals surface area contributed by atoms with Crippen molar-refractivity contribution in [3.8, 4) is 11.4 Å². The molecule has 0 spiro atoms. The van der Waals surface area contributed by atoms with E-state index < -0.39 is 0 Å². The molecule has 2 N–H and O–H groups in total. The molecule has 0 radical (unpaired) electrons. The molecule has 1 heterocycles. The first kappa shape index (κ1) is 14.7. The summed E-state index contributed by atoms with van der Waals surface area (Å²) in [5, 5.41) is 3.98. The van der Waals surface area contributed by atoms with E-state index in [9.17, 15) is 4.39 Å². The molecule has 0 aliphatic rings. The van der Waals surface area contributed by atoms with Crippen molar-refractivity contribution in [2.24, 2.45) is 11.7 Å². The maximum atomic E-state index is 13.3. The lowest BCUT2D eigenvalue weighted by Crippen LogP contribution is -2.28. The quantitative estimate of drug-likeness (QED) is 0.931. The summed E-state index contributed by atoms with van der Waals surface area (Å²) < 4.78 is 18.6. The number of rotatable bonds is 4. The van der Waals surface area contributed by atoms with Crippen LogP contribution in [0, 0.1) is 18.7 Å². The fraction of sp³-hybridized carbons (Fsp3) is 0.467. The normalized spacial score (nSPS) is 14.6. The Bertz CT molecular complexity index is 585. The Hall–Kier alpha value is -1.75. The Morgan fingerprint density at radius 1 is 1.25 bits per heavy atom. The Balaban J connectivity index is 2.34. The monoisotopic (exact) mass is 277 g/mol. The van der Waals surface area contributed by atoms with E-state index in [2.05, 4.69) is 24.0 Å². The van der Waals surface area contributed by atoms with Gasteiger partial charge >= 0.3 is 0 Å². The van der Waals surface area contributed by atoms with E-state index >= 15 is 0 Å². The summed E-state index contributed by atoms with van der Waals surface area (Å²) in [7, 11) is 0. The predicted octanol–water partition coefficient (Wildman–Crippen LogP) is 3.27. The van der Waals surface area contributed by atoms with Crippen LogP contribution in [0.4, 0.5) is 4.39 Å². The second-order valence-electron chi connectivity index (χ2n) is 5.55. The van der Waals surface area contributed by atoms with Gasteiger partial charge in [0.05, 0.1) is 5.92 Å². The van der Waals surface area contributed by atoms with E-state index in [4.69, 9.17) is 10.3 Å². The van der Waals surface area contributed by atoms with Crippen molar-refractivity contribution in [1.82, 2.24) is 10.1 Å². The van der Waals surface area contributed by atoms with Crippen molar-refractivity contribution >= 4 is 0 Å². The highest BCUT2D eigenvalue weighted by Crippen LogP contribution is 2.28. The van der Waals surface area contributed by atoms with Gasteiger partial charge in [-0.15, -0.1) is 0 Å². The van der Waals surface area contributed by atoms with Gasteiger partial charge in [0.2, 0.25) is 11.7 Å². The molecular formula is C15H20FN3O. The van der Waals surface area contributed by atoms with E-state index in [0.717, 1.165) is 5.56 Å². The van der Waals surface area contributed by atoms with Crippen LogP contribution in [0.3, 0.4) is 0 Å². The van der Waals surface area contributed by atoms with Crippen LogP contribution in [-0.2, 0) is 0 Å². The number of aromatic nitrogens is 2. The SMILES string of the molecule is Cc1cc(-c2noc(C(C(C)C)C(C)N)n2)ccc1F. The highest BCUT2D eigenvalue weighted by atomic mass is 19.1. The Labute approximate surface area is 118 Å². The third-order valence-corrected chi connectivity index (χ3v) is 3.43. The van der Waals surface area contributed by atoms with Gasteiger partial charge in [0.1, 0.15) is 5.82 Å². The zero-order chi connectivity index (χ0) is 14.9. The van der Waals surface area contributed by atoms with Crippen LogP contribution in [-0.4, -0.2) is 16.2 Å². The molecular weight excluding hydrogens is 257 g/mol. The van der Waals surface area contributed by atoms with Crippen molar-refractivity contribution in [3.63, 3.8) is 0 Å². The second-order valence-corrected chi connectivity index (χ2v) is 5.55. The summed E-state index contributed by atoms with van der Waals surface area (Å²) in [6.45, 7) is 7.77. The Morgan fingerprint density at radius 2 is 1.95 bits per heavy atom. The molecule has 2 aromatic rings. The van der Waals surface area contributed by atoms with Gasteiger partial charge in [-0.1, -0.05) is 19.0 Å². The highest BCUT2D eigenvalue weighted by Gasteiger charge is 2.26. The minimum absolute atomic E-state index is 0.0118. The molecule has 4 nitrogen and oxygen atoms in total. The number of halogens is 1. The molecule has 0 aliphatic heterocycles. The van der Waals surface area contributed by atoms with Crippen molar-refractivity contribution in [1.29, 1.82) is 0 Å². The third kappa shape index (κ3) is 2.88. The van der Waals surface area contributed by atoms with Crippen LogP contribution in [0.15, 0.2) is 22.7 Å². The summed E-state index contributed by atoms with van der Waals surface area (Å²) in [5.74, 6) is 1.07. The van der Waals surface area contributed by atoms with Crippen LogP contribution < -0.4 is 5.73 Å². The first-order valence-corrected chi connectivity index (χ1v) is 6.76. The van der Waals surface area contributed by atoms with E-state index in [1.165, 1.54) is 6.07 Å². The maximum Gasteiger partial charge on any atom is 0.231 e. The Morgan fingerprint density at radius 3 is 2.50 bits per heavy atom. The van der Waals surface area contributed by atoms with Gasteiger partial charge in [0, 0.05) is 11.6 Å². The average molecular weight is 277 g/mol. The Kier molecular flexibility index (Phi) is 4.18. The maximum absolute atomic E-state index is 13.3. The summed E-state index contributed by atoms with van der Waals surface area (Å²) in [6.07, 6.45) is 0. The lowest BCUT2D eigenvalue weighted by molar-refractivity contribution is 0.300. The molecule has 5 heteroatoms. The average Bonchev–Trinajstić information content (AvgIpc) is 2.81. The van der Waals surface area contributed by atoms with Crippen LogP contribution in [0.2, 0.25) is 0 Å². The molecule has 1 aromatic carbocycles. The molecule has 2 atom stereocenters. The fourth-order valence-electron chi connectivity index (χ4n) is 2.39. The fourth-order valence-corrected chi connectivity index (χ4v) is 2.39. The summed E-state index contributed by atoms with van der Waals surface area (Å²) >= 11 is 0. The van der Waals surface area contributed by atoms with Crippen LogP contribution >= 0.6 is 0 Å². The number of hydrogen-bond donors (Lipinski definition) is 1. The van der Waals surface area contributed by atoms with Crippen LogP contribution in [0.25, 0.3) is 11.4 Å². The predicted molar refractivity (Wildman–Crippen MR) is 75.7 cm³/mol. The zero-order valence-electron chi connectivity index (χ0n) is 12.2. The lowest BCUT2D eigenvalue weighted by Gasteiger charge is -2.20. The highest BCUT2D eigenvalue weighted by molar-refractivity contribution is 5.55. The van der Waals surface area contributed by atoms with E-state index in [0.29, 0.717) is 23.2 Å². The molecule has 108 valence electrons. The minimum Gasteiger partial charge on any atom is -0.339 e. The molecule has 0 saturated heterocycles. The van der Waals surface area contributed by atoms with E-state index in [1.807, 2.05) is 6.92 Å². The molecule has 1 aromatic heterocycles. The molecule has 2 rings (SSSR count). The van der Waals surface area contributed by atoms with Gasteiger partial charge in [0.25, 0.3) is 0 Å². The molecule has 0 saturated carbocycles. The molecule has 2 unspecified atom stereocenters. The van der Waals surface area contributed by atoms with Crippen molar-refractivity contribution in [2.45, 2.75) is 39.7 Å². The van der Waals surface area contributed by atoms with Gasteiger partial charge in [0.15, 0.2) is 0 Å². The summed E-state index contributed by atoms with van der Waals surface area (Å²) in [5.41, 5.74) is 7.28. The molecule has 0 amide bonds. The number of nitrogens with two attached hydrogens (primary N) is 1. The lowest BCUT2D eigenvalue weighted by atomic mass is 9.90. The van der Waals surface area contributed by atoms with Gasteiger partial charge in [-0.25, -0.2) is 4.39 Å². The first-order chi connectivity index (χ1) is 9.40. The summed E-state index contributed by atoms with van der Waals surface area (Å²) in [4.78, 5) is 4.41. The van der Waals surface area contributed by atoms with Crippen LogP contribution in [0.1, 0.15) is 38.1 Å². The van der Waals surface area contributed by atoms with Crippen molar-refractivity contribution in [3.05, 3.63) is 35.5 Å². The molecule has 0 aliphatic carbocycles. The topological polar surface area (TPSA) is 64.9 Å². The molecule has 20 heavy (non-hydrogen) atoms. The smallest absolute Gasteiger partial charge is 0.231 e. The molecule has 0 bridgehead atoms. The minimum atomic E-state index is -0.242. The van der Waals surface area contributed by atoms with E-state index in [1.54, 1.807) is 19.1 Å². The zero-order valence-corrected chi connectivity index (χ0v) is 12.2. The summed E-state index contributed by atoms with van der Waals surface area (Å²) in [6, 6.07) is 4.69. The second kappa shape index (κ2) is 5.71. The third-order valence-electron chi connectivity index (χ3n) is 3.43. The largest absolute Gasteiger partial charge is 0.339 e. The standard InChI is InChI=1S/C15H20FN3O/c1-8(2)13(10(4)17)15-18-14(19-20-15)11-5-6-12(16)9(3)7-11/h5-8,10,13H,17H2,1-4H3. The van der Waals surface area contributed by atoms with Gasteiger partial charge in [-0.05, 0) is 43.5 Å². The number of aryl methyl sites for hydroxylation is 1. The number of nitrogens with zero attached hydrogens (tertiary/aromatic N) is 2. The van der Waals surface area contributed by atoms with E-state index in [-0.39, 0.29) is 17.8 Å². The van der Waals surface area contributed by atoms with Gasteiger partial charge in [-0.3, -0.25) is 0 Å². The van der Waals surface area contributed by atoms with Gasteiger partial charge < -0.3 is 10.3 Å². The number of benzene rings is 1. The van der Waals surface area contributed by atoms with Crippen molar-refractivity contribution in [2.75, 3.05) is 0 Å². The van der Waals surface area contributed by atoms with Gasteiger partial charge in [-0.2, -0.15) is 4.98 Å². The first-order valence-electron chi connectivity index (χ1n) is 6.76. The number of hydrogen-bond acceptors (Lipinski definition) is 4. The van der Waals surface area contributed by atoms with Crippen molar-refractivity contribution < 1.29 is 8.91 Å². The molecule has 0 fully saturated rings.